The Hall–Kier alpha value is -1.36. The van der Waals surface area contributed by atoms with E-state index in [4.69, 9.17) is 11.5 Å². The first kappa shape index (κ1) is 14.1. The fourth-order valence-corrected chi connectivity index (χ4v) is 3.57. The first-order chi connectivity index (χ1) is 9.11. The molecule has 0 aliphatic heterocycles. The highest BCUT2D eigenvalue weighted by Crippen LogP contribution is 2.31. The van der Waals surface area contributed by atoms with Gasteiger partial charge >= 0.3 is 0 Å². The van der Waals surface area contributed by atoms with Crippen molar-refractivity contribution in [1.29, 1.82) is 0 Å². The maximum absolute atomic E-state index is 11.5. The molecule has 4 nitrogen and oxygen atoms in total. The van der Waals surface area contributed by atoms with Crippen LogP contribution in [0.1, 0.15) is 36.0 Å². The van der Waals surface area contributed by atoms with Crippen LogP contribution in [0.25, 0.3) is 0 Å². The van der Waals surface area contributed by atoms with Gasteiger partial charge < -0.3 is 16.8 Å². The molecule has 0 aromatic heterocycles. The second-order valence-corrected chi connectivity index (χ2v) is 6.06. The number of rotatable bonds is 4. The van der Waals surface area contributed by atoms with E-state index < -0.39 is 5.91 Å². The average molecular weight is 279 g/mol. The number of benzene rings is 1. The first-order valence-electron chi connectivity index (χ1n) is 6.60. The topological polar surface area (TPSA) is 81.1 Å². The molecule has 1 aliphatic rings. The summed E-state index contributed by atoms with van der Waals surface area (Å²) < 4.78 is 0. The molecule has 2 atom stereocenters. The lowest BCUT2D eigenvalue weighted by molar-refractivity contribution is 0.100. The third-order valence-corrected chi connectivity index (χ3v) is 4.83. The van der Waals surface area contributed by atoms with Crippen LogP contribution in [0.15, 0.2) is 18.2 Å². The average Bonchev–Trinajstić information content (AvgIpc) is 2.39. The summed E-state index contributed by atoms with van der Waals surface area (Å²) in [4.78, 5) is 11.5. The summed E-state index contributed by atoms with van der Waals surface area (Å²) in [5.74, 6) is -0.418. The van der Waals surface area contributed by atoms with E-state index in [0.29, 0.717) is 22.5 Å². The van der Waals surface area contributed by atoms with Crippen molar-refractivity contribution in [2.45, 2.75) is 37.0 Å². The first-order valence-corrected chi connectivity index (χ1v) is 7.89. The van der Waals surface area contributed by atoms with Gasteiger partial charge in [-0.1, -0.05) is 12.8 Å². The molecule has 1 saturated carbocycles. The Morgan fingerprint density at radius 1 is 1.37 bits per heavy atom. The molecule has 2 rings (SSSR count). The van der Waals surface area contributed by atoms with Gasteiger partial charge in [-0.05, 0) is 37.3 Å². The molecular formula is C14H21N3OS. The van der Waals surface area contributed by atoms with E-state index in [1.165, 1.54) is 19.3 Å². The number of amides is 1. The van der Waals surface area contributed by atoms with Crippen LogP contribution in [0.3, 0.4) is 0 Å². The van der Waals surface area contributed by atoms with Crippen molar-refractivity contribution < 1.29 is 4.79 Å². The fourth-order valence-electron chi connectivity index (χ4n) is 2.64. The Labute approximate surface area is 118 Å². The lowest BCUT2D eigenvalue weighted by atomic mass is 9.94. The number of hydrogen-bond donors (Lipinski definition) is 3. The molecule has 1 fully saturated rings. The highest BCUT2D eigenvalue weighted by molar-refractivity contribution is 7.99. The molecule has 1 amide bonds. The van der Waals surface area contributed by atoms with Gasteiger partial charge in [0.15, 0.2) is 0 Å². The van der Waals surface area contributed by atoms with E-state index in [0.717, 1.165) is 12.1 Å². The van der Waals surface area contributed by atoms with Crippen LogP contribution >= 0.6 is 11.8 Å². The summed E-state index contributed by atoms with van der Waals surface area (Å²) in [6.45, 7) is 0. The molecular weight excluding hydrogens is 258 g/mol. The van der Waals surface area contributed by atoms with Crippen molar-refractivity contribution in [2.75, 3.05) is 17.3 Å². The number of nitrogens with one attached hydrogen (secondary N) is 1. The van der Waals surface area contributed by atoms with Crippen LogP contribution in [0.2, 0.25) is 0 Å². The number of thioether (sulfide) groups is 1. The summed E-state index contributed by atoms with van der Waals surface area (Å²) in [5, 5.41) is 4.05. The van der Waals surface area contributed by atoms with E-state index in [2.05, 4.69) is 11.6 Å². The SMILES string of the molecule is CSC1CCCCC1Nc1cc(N)ccc1C(N)=O. The Kier molecular flexibility index (Phi) is 4.58. The highest BCUT2D eigenvalue weighted by Gasteiger charge is 2.25. The van der Waals surface area contributed by atoms with Gasteiger partial charge in [-0.3, -0.25) is 4.79 Å². The number of carbonyl (C=O) groups is 1. The molecule has 0 heterocycles. The minimum Gasteiger partial charge on any atom is -0.399 e. The van der Waals surface area contributed by atoms with Crippen LogP contribution < -0.4 is 16.8 Å². The monoisotopic (exact) mass is 279 g/mol. The molecule has 0 radical (unpaired) electrons. The van der Waals surface area contributed by atoms with Gasteiger partial charge in [0.1, 0.15) is 0 Å². The van der Waals surface area contributed by atoms with Gasteiger partial charge in [0, 0.05) is 22.7 Å². The molecule has 0 saturated heterocycles. The maximum atomic E-state index is 11.5. The molecule has 5 heteroatoms. The number of anilines is 2. The minimum atomic E-state index is -0.418. The van der Waals surface area contributed by atoms with E-state index in [-0.39, 0.29) is 0 Å². The Morgan fingerprint density at radius 3 is 2.79 bits per heavy atom. The summed E-state index contributed by atoms with van der Waals surface area (Å²) in [7, 11) is 0. The smallest absolute Gasteiger partial charge is 0.250 e. The zero-order valence-corrected chi connectivity index (χ0v) is 12.0. The van der Waals surface area contributed by atoms with Crippen LogP contribution in [0.5, 0.6) is 0 Å². The molecule has 104 valence electrons. The van der Waals surface area contributed by atoms with Crippen molar-refractivity contribution in [2.24, 2.45) is 5.73 Å². The second kappa shape index (κ2) is 6.19. The predicted octanol–water partition coefficient (Wildman–Crippen LogP) is 2.45. The Bertz CT molecular complexity index is 464. The quantitative estimate of drug-likeness (QED) is 0.739. The van der Waals surface area contributed by atoms with Gasteiger partial charge in [0.05, 0.1) is 5.56 Å². The van der Waals surface area contributed by atoms with Crippen LogP contribution in [-0.4, -0.2) is 23.5 Å². The normalized spacial score (nSPS) is 23.0. The van der Waals surface area contributed by atoms with Crippen molar-refractivity contribution in [3.8, 4) is 0 Å². The van der Waals surface area contributed by atoms with Gasteiger partial charge in [0.2, 0.25) is 0 Å². The van der Waals surface area contributed by atoms with Crippen LogP contribution in [0.4, 0.5) is 11.4 Å². The van der Waals surface area contributed by atoms with E-state index in [9.17, 15) is 4.79 Å². The van der Waals surface area contributed by atoms with E-state index >= 15 is 0 Å². The summed E-state index contributed by atoms with van der Waals surface area (Å²) in [5.41, 5.74) is 13.1. The lowest BCUT2D eigenvalue weighted by Crippen LogP contribution is -2.35. The molecule has 1 aromatic carbocycles. The number of hydrogen-bond acceptors (Lipinski definition) is 4. The third kappa shape index (κ3) is 3.35. The number of nitrogen functional groups attached to an aromatic ring is 1. The van der Waals surface area contributed by atoms with Gasteiger partial charge in [0.25, 0.3) is 5.91 Å². The predicted molar refractivity (Wildman–Crippen MR) is 82.6 cm³/mol. The van der Waals surface area contributed by atoms with Crippen molar-refractivity contribution in [3.05, 3.63) is 23.8 Å². The summed E-state index contributed by atoms with van der Waals surface area (Å²) in [6, 6.07) is 5.57. The summed E-state index contributed by atoms with van der Waals surface area (Å²) >= 11 is 1.88. The molecule has 0 bridgehead atoms. The van der Waals surface area contributed by atoms with Crippen LogP contribution in [-0.2, 0) is 0 Å². The fraction of sp³-hybridized carbons (Fsp3) is 0.500. The van der Waals surface area contributed by atoms with Crippen molar-refractivity contribution in [3.63, 3.8) is 0 Å². The molecule has 1 aromatic rings. The second-order valence-electron chi connectivity index (χ2n) is 4.98. The number of primary amides is 1. The zero-order chi connectivity index (χ0) is 13.8. The summed E-state index contributed by atoms with van der Waals surface area (Å²) in [6.07, 6.45) is 6.98. The highest BCUT2D eigenvalue weighted by atomic mass is 32.2. The molecule has 1 aliphatic carbocycles. The van der Waals surface area contributed by atoms with Crippen molar-refractivity contribution in [1.82, 2.24) is 0 Å². The van der Waals surface area contributed by atoms with Gasteiger partial charge in [-0.2, -0.15) is 11.8 Å². The van der Waals surface area contributed by atoms with Crippen molar-refractivity contribution >= 4 is 29.0 Å². The maximum Gasteiger partial charge on any atom is 0.250 e. The third-order valence-electron chi connectivity index (χ3n) is 3.66. The van der Waals surface area contributed by atoms with E-state index in [1.54, 1.807) is 18.2 Å². The van der Waals surface area contributed by atoms with Gasteiger partial charge in [-0.25, -0.2) is 0 Å². The number of carbonyl (C=O) groups excluding carboxylic acids is 1. The van der Waals surface area contributed by atoms with Crippen LogP contribution in [0, 0.1) is 0 Å². The molecule has 2 unspecified atom stereocenters. The lowest BCUT2D eigenvalue weighted by Gasteiger charge is -2.32. The van der Waals surface area contributed by atoms with E-state index in [1.807, 2.05) is 11.8 Å². The number of nitrogens with two attached hydrogens (primary N) is 2. The molecule has 19 heavy (non-hydrogen) atoms. The molecule has 5 N–H and O–H groups in total. The van der Waals surface area contributed by atoms with Gasteiger partial charge in [-0.15, -0.1) is 0 Å². The standard InChI is InChI=1S/C14H21N3OS/c1-19-13-5-3-2-4-11(13)17-12-8-9(15)6-7-10(12)14(16)18/h6-8,11,13,17H,2-5,15H2,1H3,(H2,16,18). The molecule has 0 spiro atoms. The zero-order valence-electron chi connectivity index (χ0n) is 11.2. The largest absolute Gasteiger partial charge is 0.399 e. The Morgan fingerprint density at radius 2 is 2.11 bits per heavy atom. The minimum absolute atomic E-state index is 0.378. The Balaban J connectivity index is 2.21.